The molecule has 2 aromatic rings. The van der Waals surface area contributed by atoms with Gasteiger partial charge in [-0.25, -0.2) is 13.8 Å². The summed E-state index contributed by atoms with van der Waals surface area (Å²) in [6.45, 7) is 7.00. The largest absolute Gasteiger partial charge is 0.337 e. The number of amides is 1. The lowest BCUT2D eigenvalue weighted by Crippen LogP contribution is -2.45. The van der Waals surface area contributed by atoms with Gasteiger partial charge in [0.15, 0.2) is 5.69 Å². The zero-order chi connectivity index (χ0) is 21.0. The third-order valence-electron chi connectivity index (χ3n) is 6.14. The van der Waals surface area contributed by atoms with E-state index >= 15 is 0 Å². The second-order valence-electron chi connectivity index (χ2n) is 9.07. The third-order valence-corrected chi connectivity index (χ3v) is 6.14. The van der Waals surface area contributed by atoms with E-state index in [2.05, 4.69) is 15.2 Å². The van der Waals surface area contributed by atoms with Crippen molar-refractivity contribution in [1.29, 1.82) is 0 Å². The number of alkyl halides is 2. The van der Waals surface area contributed by atoms with Crippen molar-refractivity contribution in [2.75, 3.05) is 13.1 Å². The zero-order valence-corrected chi connectivity index (χ0v) is 16.8. The average Bonchev–Trinajstić information content (AvgIpc) is 3.28. The number of H-pyrrole nitrogens is 2. The number of nitrogens with zero attached hydrogens (tertiary/aromatic N) is 3. The summed E-state index contributed by atoms with van der Waals surface area (Å²) in [5.41, 5.74) is 0.741. The molecule has 0 aromatic carbocycles. The van der Waals surface area contributed by atoms with Crippen LogP contribution in [0, 0.1) is 0 Å². The molecule has 1 aliphatic carbocycles. The molecule has 0 unspecified atom stereocenters. The van der Waals surface area contributed by atoms with Crippen molar-refractivity contribution < 1.29 is 13.6 Å². The Labute approximate surface area is 166 Å². The van der Waals surface area contributed by atoms with E-state index in [-0.39, 0.29) is 33.7 Å². The van der Waals surface area contributed by atoms with Crippen molar-refractivity contribution in [3.63, 3.8) is 0 Å². The van der Waals surface area contributed by atoms with Gasteiger partial charge in [0.05, 0.1) is 5.69 Å². The molecule has 0 atom stereocenters. The standard InChI is InChI=1S/C20H25F2N5O2/c1-19(2,3)18-23-14-11(16(28)24-18)4-5-20(14)6-8-27(9-7-20)17(29)13-10-12(15(21)22)25-26-13/h10,15H,4-9H2,1-3H3,(H,25,26)(H,23,24,28). The fourth-order valence-corrected chi connectivity index (χ4v) is 4.35. The molecule has 29 heavy (non-hydrogen) atoms. The Bertz CT molecular complexity index is 997. The summed E-state index contributed by atoms with van der Waals surface area (Å²) in [6.07, 6.45) is 0.222. The number of hydrogen-bond donors (Lipinski definition) is 2. The molecule has 2 N–H and O–H groups in total. The lowest BCUT2D eigenvalue weighted by Gasteiger charge is -2.39. The van der Waals surface area contributed by atoms with Gasteiger partial charge in [-0.2, -0.15) is 5.10 Å². The Kier molecular flexibility index (Phi) is 4.59. The van der Waals surface area contributed by atoms with Crippen LogP contribution in [-0.4, -0.2) is 44.1 Å². The molecule has 1 fully saturated rings. The van der Waals surface area contributed by atoms with Gasteiger partial charge >= 0.3 is 0 Å². The molecule has 4 rings (SSSR count). The van der Waals surface area contributed by atoms with Crippen molar-refractivity contribution in [2.45, 2.75) is 63.7 Å². The first-order valence-corrected chi connectivity index (χ1v) is 9.88. The van der Waals surface area contributed by atoms with E-state index in [0.717, 1.165) is 23.7 Å². The highest BCUT2D eigenvalue weighted by molar-refractivity contribution is 5.92. The molecule has 1 aliphatic heterocycles. The fourth-order valence-electron chi connectivity index (χ4n) is 4.35. The van der Waals surface area contributed by atoms with Crippen LogP contribution in [0.1, 0.15) is 79.7 Å². The van der Waals surface area contributed by atoms with E-state index in [4.69, 9.17) is 4.98 Å². The maximum atomic E-state index is 12.7. The summed E-state index contributed by atoms with van der Waals surface area (Å²) >= 11 is 0. The first-order chi connectivity index (χ1) is 13.6. The number of fused-ring (bicyclic) bond motifs is 2. The van der Waals surface area contributed by atoms with Crippen molar-refractivity contribution in [1.82, 2.24) is 25.1 Å². The minimum atomic E-state index is -2.69. The van der Waals surface area contributed by atoms with Crippen LogP contribution in [0.3, 0.4) is 0 Å². The fraction of sp³-hybridized carbons (Fsp3) is 0.600. The van der Waals surface area contributed by atoms with Gasteiger partial charge in [0.25, 0.3) is 17.9 Å². The van der Waals surface area contributed by atoms with Crippen LogP contribution >= 0.6 is 0 Å². The molecular formula is C20H25F2N5O2. The molecule has 156 valence electrons. The van der Waals surface area contributed by atoms with Crippen LogP contribution in [0.15, 0.2) is 10.9 Å². The third kappa shape index (κ3) is 3.36. The van der Waals surface area contributed by atoms with E-state index in [0.29, 0.717) is 38.2 Å². The molecule has 0 radical (unpaired) electrons. The quantitative estimate of drug-likeness (QED) is 0.803. The number of piperidine rings is 1. The van der Waals surface area contributed by atoms with Crippen LogP contribution in [0.25, 0.3) is 0 Å². The zero-order valence-electron chi connectivity index (χ0n) is 16.8. The summed E-state index contributed by atoms with van der Waals surface area (Å²) < 4.78 is 25.5. The Morgan fingerprint density at radius 3 is 2.52 bits per heavy atom. The highest BCUT2D eigenvalue weighted by Crippen LogP contribution is 2.44. The Balaban J connectivity index is 1.55. The number of aromatic amines is 2. The van der Waals surface area contributed by atoms with Crippen LogP contribution in [-0.2, 0) is 17.3 Å². The maximum Gasteiger partial charge on any atom is 0.279 e. The number of likely N-dealkylation sites (tertiary alicyclic amines) is 1. The van der Waals surface area contributed by atoms with Crippen molar-refractivity contribution in [3.05, 3.63) is 44.9 Å². The summed E-state index contributed by atoms with van der Waals surface area (Å²) in [5, 5.41) is 5.95. The molecule has 1 amide bonds. The van der Waals surface area contributed by atoms with E-state index in [1.54, 1.807) is 4.90 Å². The van der Waals surface area contributed by atoms with Gasteiger partial charge in [-0.05, 0) is 31.7 Å². The van der Waals surface area contributed by atoms with Gasteiger partial charge in [0.2, 0.25) is 0 Å². The average molecular weight is 405 g/mol. The summed E-state index contributed by atoms with van der Waals surface area (Å²) in [7, 11) is 0. The molecule has 9 heteroatoms. The van der Waals surface area contributed by atoms with E-state index in [1.807, 2.05) is 20.8 Å². The van der Waals surface area contributed by atoms with Gasteiger partial charge in [0, 0.05) is 29.5 Å². The van der Waals surface area contributed by atoms with E-state index in [9.17, 15) is 18.4 Å². The molecule has 1 spiro atoms. The second-order valence-corrected chi connectivity index (χ2v) is 9.07. The van der Waals surface area contributed by atoms with E-state index in [1.165, 1.54) is 0 Å². The second kappa shape index (κ2) is 6.74. The van der Waals surface area contributed by atoms with Crippen molar-refractivity contribution in [3.8, 4) is 0 Å². The lowest BCUT2D eigenvalue weighted by atomic mass is 9.76. The first-order valence-electron chi connectivity index (χ1n) is 9.88. The van der Waals surface area contributed by atoms with Gasteiger partial charge in [-0.3, -0.25) is 14.7 Å². The summed E-state index contributed by atoms with van der Waals surface area (Å²) in [5.74, 6) is 0.326. The molecule has 7 nitrogen and oxygen atoms in total. The lowest BCUT2D eigenvalue weighted by molar-refractivity contribution is 0.0657. The minimum Gasteiger partial charge on any atom is -0.337 e. The number of hydrogen-bond acceptors (Lipinski definition) is 4. The molecule has 0 bridgehead atoms. The SMILES string of the molecule is CC(C)(C)c1nc2c(c(=O)[nH]1)CCC21CCN(C(=O)c2cc(C(F)F)[nH]n2)CC1. The van der Waals surface area contributed by atoms with Crippen LogP contribution in [0.2, 0.25) is 0 Å². The minimum absolute atomic E-state index is 0.00709. The van der Waals surface area contributed by atoms with Gasteiger partial charge in [0.1, 0.15) is 11.5 Å². The van der Waals surface area contributed by atoms with Crippen LogP contribution in [0.4, 0.5) is 8.78 Å². The number of carbonyl (C=O) groups is 1. The van der Waals surface area contributed by atoms with Crippen molar-refractivity contribution >= 4 is 5.91 Å². The highest BCUT2D eigenvalue weighted by Gasteiger charge is 2.45. The van der Waals surface area contributed by atoms with Crippen LogP contribution in [0.5, 0.6) is 0 Å². The normalized spacial score (nSPS) is 18.5. The van der Waals surface area contributed by atoms with Crippen LogP contribution < -0.4 is 5.56 Å². The summed E-state index contributed by atoms with van der Waals surface area (Å²) in [4.78, 5) is 34.7. The van der Waals surface area contributed by atoms with Gasteiger partial charge in [-0.15, -0.1) is 0 Å². The number of halogens is 2. The molecule has 0 saturated carbocycles. The molecule has 2 aromatic heterocycles. The smallest absolute Gasteiger partial charge is 0.279 e. The number of carbonyl (C=O) groups excluding carboxylic acids is 1. The number of rotatable bonds is 2. The number of nitrogens with one attached hydrogen (secondary N) is 2. The van der Waals surface area contributed by atoms with Crippen molar-refractivity contribution in [2.24, 2.45) is 0 Å². The monoisotopic (exact) mass is 405 g/mol. The maximum absolute atomic E-state index is 12.7. The van der Waals surface area contributed by atoms with Gasteiger partial charge < -0.3 is 9.88 Å². The highest BCUT2D eigenvalue weighted by atomic mass is 19.3. The Hall–Kier alpha value is -2.58. The molecule has 1 saturated heterocycles. The predicted molar refractivity (Wildman–Crippen MR) is 102 cm³/mol. The first kappa shape index (κ1) is 19.7. The Morgan fingerprint density at radius 1 is 1.24 bits per heavy atom. The summed E-state index contributed by atoms with van der Waals surface area (Å²) in [6, 6.07) is 1.11. The van der Waals surface area contributed by atoms with E-state index < -0.39 is 6.43 Å². The topological polar surface area (TPSA) is 94.7 Å². The Morgan fingerprint density at radius 2 is 1.93 bits per heavy atom. The molecular weight excluding hydrogens is 380 g/mol. The van der Waals surface area contributed by atoms with Gasteiger partial charge in [-0.1, -0.05) is 20.8 Å². The molecule has 3 heterocycles. The number of aromatic nitrogens is 4. The molecule has 2 aliphatic rings. The predicted octanol–water partition coefficient (Wildman–Crippen LogP) is 2.85.